The highest BCUT2D eigenvalue weighted by Crippen LogP contribution is 2.26. The highest BCUT2D eigenvalue weighted by Gasteiger charge is 2.23. The summed E-state index contributed by atoms with van der Waals surface area (Å²) in [7, 11) is -3.67. The van der Waals surface area contributed by atoms with Crippen LogP contribution in [-0.4, -0.2) is 50.9 Å². The summed E-state index contributed by atoms with van der Waals surface area (Å²) >= 11 is 3.15. The quantitative estimate of drug-likeness (QED) is 0.420. The zero-order chi connectivity index (χ0) is 22.1. The van der Waals surface area contributed by atoms with Crippen molar-refractivity contribution in [1.29, 1.82) is 0 Å². The number of likely N-dealkylation sites (tertiary alicyclic amines) is 1. The van der Waals surface area contributed by atoms with Crippen molar-refractivity contribution in [1.82, 2.24) is 9.62 Å². The van der Waals surface area contributed by atoms with Gasteiger partial charge in [-0.1, -0.05) is 43.2 Å². The molecule has 1 aliphatic heterocycles. The van der Waals surface area contributed by atoms with Crippen LogP contribution >= 0.6 is 23.5 Å². The van der Waals surface area contributed by atoms with Gasteiger partial charge < -0.3 is 4.90 Å². The highest BCUT2D eigenvalue weighted by atomic mass is 32.2. The average Bonchev–Trinajstić information content (AvgIpc) is 3.08. The standard InChI is InChI=1S/C23H30N2O3S3/c1-29-22-12-11-20(17-21(22)23(26)25-14-7-2-3-8-15-25)31(27,28)24-13-16-30-18-19-9-5-4-6-10-19/h4-6,9-12,17,24H,2-3,7-8,13-16,18H2,1H3. The minimum atomic E-state index is -3.67. The van der Waals surface area contributed by atoms with E-state index in [1.807, 2.05) is 29.4 Å². The molecule has 1 fully saturated rings. The molecule has 168 valence electrons. The molecule has 31 heavy (non-hydrogen) atoms. The molecule has 1 saturated heterocycles. The second-order valence-electron chi connectivity index (χ2n) is 7.50. The summed E-state index contributed by atoms with van der Waals surface area (Å²) in [4.78, 5) is 16.0. The molecule has 2 aromatic rings. The van der Waals surface area contributed by atoms with Crippen LogP contribution in [0.2, 0.25) is 0 Å². The van der Waals surface area contributed by atoms with Gasteiger partial charge in [-0.3, -0.25) is 4.79 Å². The van der Waals surface area contributed by atoms with Crippen molar-refractivity contribution in [2.75, 3.05) is 31.6 Å². The summed E-state index contributed by atoms with van der Waals surface area (Å²) in [6.45, 7) is 1.82. The Morgan fingerprint density at radius 3 is 2.42 bits per heavy atom. The number of amides is 1. The molecule has 0 aliphatic carbocycles. The first-order valence-corrected chi connectivity index (χ1v) is 14.5. The Morgan fingerprint density at radius 1 is 1.03 bits per heavy atom. The molecule has 0 spiro atoms. The van der Waals surface area contributed by atoms with Crippen LogP contribution in [0.3, 0.4) is 0 Å². The van der Waals surface area contributed by atoms with Crippen LogP contribution in [-0.2, 0) is 15.8 Å². The summed E-state index contributed by atoms with van der Waals surface area (Å²) in [6, 6.07) is 15.0. The van der Waals surface area contributed by atoms with Crippen molar-refractivity contribution in [3.8, 4) is 0 Å². The number of benzene rings is 2. The number of nitrogens with one attached hydrogen (secondary N) is 1. The molecule has 8 heteroatoms. The van der Waals surface area contributed by atoms with Gasteiger partial charge in [-0.2, -0.15) is 11.8 Å². The van der Waals surface area contributed by atoms with Crippen LogP contribution in [0.25, 0.3) is 0 Å². The molecule has 1 amide bonds. The van der Waals surface area contributed by atoms with Crippen LogP contribution < -0.4 is 4.72 Å². The maximum absolute atomic E-state index is 13.1. The van der Waals surface area contributed by atoms with Crippen LogP contribution in [0.15, 0.2) is 58.3 Å². The van der Waals surface area contributed by atoms with Gasteiger partial charge in [0.2, 0.25) is 10.0 Å². The lowest BCUT2D eigenvalue weighted by Crippen LogP contribution is -2.32. The zero-order valence-electron chi connectivity index (χ0n) is 17.9. The monoisotopic (exact) mass is 478 g/mol. The lowest BCUT2D eigenvalue weighted by molar-refractivity contribution is 0.0758. The third-order valence-corrected chi connectivity index (χ3v) is 8.54. The number of carbonyl (C=O) groups is 1. The Morgan fingerprint density at radius 2 is 1.74 bits per heavy atom. The van der Waals surface area contributed by atoms with E-state index in [9.17, 15) is 13.2 Å². The van der Waals surface area contributed by atoms with Gasteiger partial charge in [0, 0.05) is 36.0 Å². The Kier molecular flexibility index (Phi) is 9.31. The maximum Gasteiger partial charge on any atom is 0.255 e. The van der Waals surface area contributed by atoms with Crippen molar-refractivity contribution in [3.05, 3.63) is 59.7 Å². The molecule has 0 aromatic heterocycles. The normalized spacial score (nSPS) is 14.9. The number of hydrogen-bond donors (Lipinski definition) is 1. The molecule has 0 bridgehead atoms. The van der Waals surface area contributed by atoms with Gasteiger partial charge in [0.1, 0.15) is 0 Å². The molecular weight excluding hydrogens is 448 g/mol. The van der Waals surface area contributed by atoms with E-state index in [0.29, 0.717) is 17.9 Å². The molecule has 1 heterocycles. The van der Waals surface area contributed by atoms with Gasteiger partial charge in [0.15, 0.2) is 0 Å². The summed E-state index contributed by atoms with van der Waals surface area (Å²) < 4.78 is 28.3. The predicted octanol–water partition coefficient (Wildman–Crippen LogP) is 4.64. The molecule has 1 aliphatic rings. The van der Waals surface area contributed by atoms with Crippen LogP contribution in [0.5, 0.6) is 0 Å². The van der Waals surface area contributed by atoms with E-state index in [0.717, 1.165) is 49.4 Å². The topological polar surface area (TPSA) is 66.5 Å². The smallest absolute Gasteiger partial charge is 0.255 e. The van der Waals surface area contributed by atoms with E-state index < -0.39 is 10.0 Å². The molecule has 1 N–H and O–H groups in total. The fourth-order valence-electron chi connectivity index (χ4n) is 3.56. The molecule has 5 nitrogen and oxygen atoms in total. The van der Waals surface area contributed by atoms with E-state index in [2.05, 4.69) is 16.9 Å². The largest absolute Gasteiger partial charge is 0.339 e. The SMILES string of the molecule is CSc1ccc(S(=O)(=O)NCCSCc2ccccc2)cc1C(=O)N1CCCCCC1. The van der Waals surface area contributed by atoms with Gasteiger partial charge >= 0.3 is 0 Å². The van der Waals surface area contributed by atoms with Crippen LogP contribution in [0, 0.1) is 0 Å². The summed E-state index contributed by atoms with van der Waals surface area (Å²) in [5, 5.41) is 0. The Labute approximate surface area is 194 Å². The number of nitrogens with zero attached hydrogens (tertiary/aromatic N) is 1. The average molecular weight is 479 g/mol. The summed E-state index contributed by atoms with van der Waals surface area (Å²) in [5.74, 6) is 1.46. The highest BCUT2D eigenvalue weighted by molar-refractivity contribution is 7.98. The van der Waals surface area contributed by atoms with Gasteiger partial charge in [-0.25, -0.2) is 13.1 Å². The fourth-order valence-corrected chi connectivity index (χ4v) is 6.14. The molecule has 0 atom stereocenters. The van der Waals surface area contributed by atoms with Gasteiger partial charge in [-0.15, -0.1) is 11.8 Å². The van der Waals surface area contributed by atoms with E-state index in [4.69, 9.17) is 0 Å². The van der Waals surface area contributed by atoms with Crippen LogP contribution in [0.1, 0.15) is 41.6 Å². The minimum absolute atomic E-state index is 0.0679. The number of carbonyl (C=O) groups excluding carboxylic acids is 1. The number of sulfonamides is 1. The molecule has 3 rings (SSSR count). The van der Waals surface area contributed by atoms with Crippen molar-refractivity contribution in [2.24, 2.45) is 0 Å². The van der Waals surface area contributed by atoms with Gasteiger partial charge in [0.25, 0.3) is 5.91 Å². The van der Waals surface area contributed by atoms with Crippen molar-refractivity contribution < 1.29 is 13.2 Å². The lowest BCUT2D eigenvalue weighted by atomic mass is 10.2. The first-order chi connectivity index (χ1) is 15.0. The van der Waals surface area contributed by atoms with Crippen molar-refractivity contribution >= 4 is 39.5 Å². The molecule has 2 aromatic carbocycles. The third-order valence-electron chi connectivity index (χ3n) is 5.25. The second-order valence-corrected chi connectivity index (χ2v) is 11.2. The van der Waals surface area contributed by atoms with E-state index in [-0.39, 0.29) is 10.8 Å². The molecular formula is C23H30N2O3S3. The number of hydrogen-bond acceptors (Lipinski definition) is 5. The van der Waals surface area contributed by atoms with Gasteiger partial charge in [0.05, 0.1) is 10.5 Å². The third kappa shape index (κ3) is 7.00. The molecule has 0 radical (unpaired) electrons. The first-order valence-electron chi connectivity index (χ1n) is 10.6. The number of thioether (sulfide) groups is 2. The summed E-state index contributed by atoms with van der Waals surface area (Å²) in [6.07, 6.45) is 6.19. The molecule has 0 unspecified atom stereocenters. The number of rotatable bonds is 9. The van der Waals surface area contributed by atoms with E-state index in [1.54, 1.807) is 30.0 Å². The van der Waals surface area contributed by atoms with E-state index >= 15 is 0 Å². The Balaban J connectivity index is 1.63. The Bertz CT molecular complexity index is 957. The Hall–Kier alpha value is -1.48. The molecule has 0 saturated carbocycles. The summed E-state index contributed by atoms with van der Waals surface area (Å²) in [5.41, 5.74) is 1.70. The maximum atomic E-state index is 13.1. The first kappa shape index (κ1) is 24.2. The van der Waals surface area contributed by atoms with Crippen molar-refractivity contribution in [3.63, 3.8) is 0 Å². The van der Waals surface area contributed by atoms with Crippen molar-refractivity contribution in [2.45, 2.75) is 41.2 Å². The lowest BCUT2D eigenvalue weighted by Gasteiger charge is -2.22. The van der Waals surface area contributed by atoms with Gasteiger partial charge in [-0.05, 0) is 42.9 Å². The van der Waals surface area contributed by atoms with Crippen LogP contribution in [0.4, 0.5) is 0 Å². The van der Waals surface area contributed by atoms with E-state index in [1.165, 1.54) is 17.3 Å². The fraction of sp³-hybridized carbons (Fsp3) is 0.435. The zero-order valence-corrected chi connectivity index (χ0v) is 20.3. The minimum Gasteiger partial charge on any atom is -0.339 e. The second kappa shape index (κ2) is 11.9. The predicted molar refractivity (Wildman–Crippen MR) is 130 cm³/mol.